The van der Waals surface area contributed by atoms with Gasteiger partial charge in [0, 0.05) is 11.9 Å². The maximum Gasteiger partial charge on any atom is 0.265 e. The van der Waals surface area contributed by atoms with E-state index < -0.39 is 15.9 Å². The van der Waals surface area contributed by atoms with Crippen molar-refractivity contribution in [3.63, 3.8) is 0 Å². The van der Waals surface area contributed by atoms with Crippen LogP contribution in [0.2, 0.25) is 0 Å². The van der Waals surface area contributed by atoms with E-state index in [2.05, 4.69) is 5.32 Å². The van der Waals surface area contributed by atoms with Gasteiger partial charge in [-0.15, -0.1) is 0 Å². The van der Waals surface area contributed by atoms with E-state index in [0.717, 1.165) is 11.8 Å². The van der Waals surface area contributed by atoms with Gasteiger partial charge in [0.2, 0.25) is 0 Å². The second kappa shape index (κ2) is 6.83. The molecule has 0 aliphatic rings. The first-order valence-electron chi connectivity index (χ1n) is 7.10. The summed E-state index contributed by atoms with van der Waals surface area (Å²) >= 11 is 0. The van der Waals surface area contributed by atoms with Crippen molar-refractivity contribution >= 4 is 21.4 Å². The normalized spacial score (nSPS) is 12.5. The molecule has 2 aromatic rings. The van der Waals surface area contributed by atoms with Gasteiger partial charge in [0.05, 0.1) is 4.90 Å². The highest BCUT2D eigenvalue weighted by Crippen LogP contribution is 2.21. The molecular weight excluding hydrogens is 314 g/mol. The predicted molar refractivity (Wildman–Crippen MR) is 89.5 cm³/mol. The topological polar surface area (TPSA) is 72.5 Å². The summed E-state index contributed by atoms with van der Waals surface area (Å²) < 4.78 is 28.8. The van der Waals surface area contributed by atoms with Crippen LogP contribution in [0.4, 0.5) is 5.69 Å². The van der Waals surface area contributed by atoms with E-state index in [1.54, 1.807) is 32.0 Å². The number of benzene rings is 2. The van der Waals surface area contributed by atoms with Crippen molar-refractivity contribution < 1.29 is 17.9 Å². The molecule has 122 valence electrons. The van der Waals surface area contributed by atoms with Gasteiger partial charge in [-0.3, -0.25) is 4.79 Å². The van der Waals surface area contributed by atoms with E-state index in [1.807, 2.05) is 18.2 Å². The minimum absolute atomic E-state index is 0.162. The Hall–Kier alpha value is -2.34. The molecule has 1 N–H and O–H groups in total. The number of amides is 1. The number of hydrogen-bond acceptors (Lipinski definition) is 4. The van der Waals surface area contributed by atoms with E-state index in [9.17, 15) is 13.2 Å². The maximum atomic E-state index is 12.2. The van der Waals surface area contributed by atoms with Crippen molar-refractivity contribution in [1.82, 2.24) is 0 Å². The third-order valence-electron chi connectivity index (χ3n) is 3.32. The molecule has 1 amide bonds. The molecule has 5 nitrogen and oxygen atoms in total. The molecule has 0 radical (unpaired) electrons. The standard InChI is InChI=1S/C17H19NO4S/c1-12-9-10-15(23(3,20)21)11-16(12)18-17(19)13(2)22-14-7-5-4-6-8-14/h4-11,13H,1-3H3,(H,18,19). The number of ether oxygens (including phenoxy) is 1. The molecule has 0 saturated carbocycles. The zero-order chi connectivity index (χ0) is 17.0. The summed E-state index contributed by atoms with van der Waals surface area (Å²) in [6.45, 7) is 3.43. The van der Waals surface area contributed by atoms with Gasteiger partial charge in [-0.1, -0.05) is 24.3 Å². The molecular formula is C17H19NO4S. The molecule has 0 heterocycles. The van der Waals surface area contributed by atoms with Gasteiger partial charge in [0.1, 0.15) is 5.75 Å². The van der Waals surface area contributed by atoms with Crippen LogP contribution >= 0.6 is 0 Å². The van der Waals surface area contributed by atoms with Gasteiger partial charge in [0.15, 0.2) is 15.9 Å². The SMILES string of the molecule is Cc1ccc(S(C)(=O)=O)cc1NC(=O)C(C)Oc1ccccc1. The fraction of sp³-hybridized carbons (Fsp3) is 0.235. The largest absolute Gasteiger partial charge is 0.481 e. The number of carbonyl (C=O) groups excluding carboxylic acids is 1. The van der Waals surface area contributed by atoms with Crippen LogP contribution in [0.5, 0.6) is 5.75 Å². The molecule has 0 bridgehead atoms. The van der Waals surface area contributed by atoms with E-state index >= 15 is 0 Å². The van der Waals surface area contributed by atoms with Crippen LogP contribution in [-0.4, -0.2) is 26.7 Å². The Labute approximate surface area is 136 Å². The van der Waals surface area contributed by atoms with Crippen molar-refractivity contribution in [1.29, 1.82) is 0 Å². The Bertz CT molecular complexity index is 801. The zero-order valence-corrected chi connectivity index (χ0v) is 14.1. The number of anilines is 1. The van der Waals surface area contributed by atoms with Crippen molar-refractivity contribution in [3.05, 3.63) is 54.1 Å². The van der Waals surface area contributed by atoms with Gasteiger partial charge in [-0.2, -0.15) is 0 Å². The molecule has 6 heteroatoms. The lowest BCUT2D eigenvalue weighted by Gasteiger charge is -2.16. The Morgan fingerprint density at radius 2 is 1.78 bits per heavy atom. The minimum atomic E-state index is -3.33. The molecule has 0 spiro atoms. The summed E-state index contributed by atoms with van der Waals surface area (Å²) in [4.78, 5) is 12.4. The van der Waals surface area contributed by atoms with Crippen molar-refractivity contribution in [3.8, 4) is 5.75 Å². The Kier molecular flexibility index (Phi) is 5.05. The molecule has 23 heavy (non-hydrogen) atoms. The first kappa shape index (κ1) is 17.0. The smallest absolute Gasteiger partial charge is 0.265 e. The van der Waals surface area contributed by atoms with E-state index in [0.29, 0.717) is 11.4 Å². The van der Waals surface area contributed by atoms with Gasteiger partial charge in [0.25, 0.3) is 5.91 Å². The molecule has 0 saturated heterocycles. The number of sulfone groups is 1. The Balaban J connectivity index is 2.13. The van der Waals surface area contributed by atoms with E-state index in [4.69, 9.17) is 4.74 Å². The average Bonchev–Trinajstić information content (AvgIpc) is 2.49. The predicted octanol–water partition coefficient (Wildman–Crippen LogP) is 2.80. The van der Waals surface area contributed by atoms with Crippen molar-refractivity contribution in [2.45, 2.75) is 24.8 Å². The van der Waals surface area contributed by atoms with Gasteiger partial charge in [-0.05, 0) is 43.7 Å². The summed E-state index contributed by atoms with van der Waals surface area (Å²) in [7, 11) is -3.33. The lowest BCUT2D eigenvalue weighted by molar-refractivity contribution is -0.122. The van der Waals surface area contributed by atoms with E-state index in [1.165, 1.54) is 12.1 Å². The Morgan fingerprint density at radius 3 is 2.39 bits per heavy atom. The highest BCUT2D eigenvalue weighted by atomic mass is 32.2. The number of para-hydroxylation sites is 1. The molecule has 0 fully saturated rings. The lowest BCUT2D eigenvalue weighted by Crippen LogP contribution is -2.30. The van der Waals surface area contributed by atoms with Gasteiger partial charge in [-0.25, -0.2) is 8.42 Å². The highest BCUT2D eigenvalue weighted by molar-refractivity contribution is 7.90. The third kappa shape index (κ3) is 4.56. The molecule has 2 aromatic carbocycles. The van der Waals surface area contributed by atoms with Crippen molar-refractivity contribution in [2.24, 2.45) is 0 Å². The van der Waals surface area contributed by atoms with Crippen LogP contribution in [0, 0.1) is 6.92 Å². The number of hydrogen-bond donors (Lipinski definition) is 1. The number of nitrogens with one attached hydrogen (secondary N) is 1. The van der Waals surface area contributed by atoms with Gasteiger partial charge >= 0.3 is 0 Å². The first-order valence-corrected chi connectivity index (χ1v) is 9.00. The zero-order valence-electron chi connectivity index (χ0n) is 13.2. The maximum absolute atomic E-state index is 12.2. The van der Waals surface area contributed by atoms with E-state index in [-0.39, 0.29) is 10.8 Å². The van der Waals surface area contributed by atoms with Crippen molar-refractivity contribution in [2.75, 3.05) is 11.6 Å². The quantitative estimate of drug-likeness (QED) is 0.913. The number of carbonyl (C=O) groups is 1. The minimum Gasteiger partial charge on any atom is -0.481 e. The van der Waals surface area contributed by atoms with Gasteiger partial charge < -0.3 is 10.1 Å². The lowest BCUT2D eigenvalue weighted by atomic mass is 10.2. The summed E-state index contributed by atoms with van der Waals surface area (Å²) in [5.74, 6) is 0.249. The average molecular weight is 333 g/mol. The first-order chi connectivity index (χ1) is 10.8. The third-order valence-corrected chi connectivity index (χ3v) is 4.43. The fourth-order valence-electron chi connectivity index (χ4n) is 1.96. The van der Waals surface area contributed by atoms with Crippen LogP contribution < -0.4 is 10.1 Å². The summed E-state index contributed by atoms with van der Waals surface area (Å²) in [5.41, 5.74) is 1.24. The summed E-state index contributed by atoms with van der Waals surface area (Å²) in [5, 5.41) is 2.71. The van der Waals surface area contributed by atoms with Crippen LogP contribution in [0.15, 0.2) is 53.4 Å². The molecule has 0 aliphatic carbocycles. The molecule has 2 rings (SSSR count). The summed E-state index contributed by atoms with van der Waals surface area (Å²) in [6, 6.07) is 13.7. The van der Waals surface area contributed by atoms with Crippen LogP contribution in [-0.2, 0) is 14.6 Å². The fourth-order valence-corrected chi connectivity index (χ4v) is 2.60. The van der Waals surface area contributed by atoms with Crippen LogP contribution in [0.1, 0.15) is 12.5 Å². The number of aryl methyl sites for hydroxylation is 1. The molecule has 0 aliphatic heterocycles. The summed E-state index contributed by atoms with van der Waals surface area (Å²) in [6.07, 6.45) is 0.420. The highest BCUT2D eigenvalue weighted by Gasteiger charge is 2.17. The second-order valence-corrected chi connectivity index (χ2v) is 7.33. The molecule has 0 aromatic heterocycles. The number of rotatable bonds is 5. The Morgan fingerprint density at radius 1 is 1.13 bits per heavy atom. The second-order valence-electron chi connectivity index (χ2n) is 5.31. The molecule has 1 atom stereocenters. The van der Waals surface area contributed by atoms with Crippen LogP contribution in [0.3, 0.4) is 0 Å². The monoisotopic (exact) mass is 333 g/mol. The van der Waals surface area contributed by atoms with Crippen LogP contribution in [0.25, 0.3) is 0 Å². The molecule has 1 unspecified atom stereocenters.